The summed E-state index contributed by atoms with van der Waals surface area (Å²) in [6.07, 6.45) is 4.96. The lowest BCUT2D eigenvalue weighted by molar-refractivity contribution is -0.130. The van der Waals surface area contributed by atoms with Crippen LogP contribution in [0.15, 0.2) is 24.3 Å². The van der Waals surface area contributed by atoms with Crippen molar-refractivity contribution in [2.45, 2.75) is 71.2 Å². The van der Waals surface area contributed by atoms with Gasteiger partial charge in [-0.15, -0.1) is 0 Å². The van der Waals surface area contributed by atoms with Crippen LogP contribution in [0.4, 0.5) is 0 Å². The van der Waals surface area contributed by atoms with Crippen molar-refractivity contribution in [3.05, 3.63) is 29.8 Å². The van der Waals surface area contributed by atoms with Crippen LogP contribution in [0.2, 0.25) is 0 Å². The van der Waals surface area contributed by atoms with Gasteiger partial charge in [-0.1, -0.05) is 12.1 Å². The molecule has 0 unspecified atom stereocenters. The van der Waals surface area contributed by atoms with E-state index >= 15 is 0 Å². The fourth-order valence-electron chi connectivity index (χ4n) is 4.25. The summed E-state index contributed by atoms with van der Waals surface area (Å²) in [6, 6.07) is 9.40. The first kappa shape index (κ1) is 17.3. The van der Waals surface area contributed by atoms with Crippen molar-refractivity contribution in [2.75, 3.05) is 13.1 Å². The van der Waals surface area contributed by atoms with Gasteiger partial charge in [0.05, 0.1) is 6.10 Å². The molecule has 2 heterocycles. The summed E-state index contributed by atoms with van der Waals surface area (Å²) < 4.78 is 5.72. The largest absolute Gasteiger partial charge is 0.491 e. The van der Waals surface area contributed by atoms with Crippen LogP contribution in [0.5, 0.6) is 5.75 Å². The lowest BCUT2D eigenvalue weighted by Crippen LogP contribution is -2.47. The van der Waals surface area contributed by atoms with Gasteiger partial charge in [0, 0.05) is 32.1 Å². The molecule has 3 rings (SSSR count). The third-order valence-electron chi connectivity index (χ3n) is 5.24. The maximum atomic E-state index is 11.9. The van der Waals surface area contributed by atoms with Gasteiger partial charge in [-0.3, -0.25) is 9.69 Å². The molecule has 4 heteroatoms. The first-order valence-corrected chi connectivity index (χ1v) is 9.31. The number of benzene rings is 1. The summed E-state index contributed by atoms with van der Waals surface area (Å²) in [6.45, 7) is 8.85. The molecule has 0 radical (unpaired) electrons. The molecule has 2 aliphatic rings. The molecule has 2 fully saturated rings. The first-order valence-electron chi connectivity index (χ1n) is 9.31. The fourth-order valence-corrected chi connectivity index (χ4v) is 4.25. The average molecular weight is 330 g/mol. The number of likely N-dealkylation sites (tertiary alicyclic amines) is 2. The van der Waals surface area contributed by atoms with Gasteiger partial charge < -0.3 is 9.64 Å². The van der Waals surface area contributed by atoms with Crippen LogP contribution < -0.4 is 4.74 Å². The summed E-state index contributed by atoms with van der Waals surface area (Å²) in [5.41, 5.74) is 1.32. The van der Waals surface area contributed by atoms with Crippen molar-refractivity contribution in [1.29, 1.82) is 0 Å². The molecule has 2 saturated heterocycles. The molecule has 1 amide bonds. The number of hydrogen-bond acceptors (Lipinski definition) is 3. The van der Waals surface area contributed by atoms with E-state index in [0.29, 0.717) is 12.1 Å². The molecule has 1 aromatic carbocycles. The van der Waals surface area contributed by atoms with Gasteiger partial charge in [0.1, 0.15) is 5.75 Å². The summed E-state index contributed by atoms with van der Waals surface area (Å²) in [7, 11) is 0. The monoisotopic (exact) mass is 330 g/mol. The second-order valence-corrected chi connectivity index (χ2v) is 7.41. The SMILES string of the molecule is CC(=O)N1CCC[C@@H]1[C@@H]1CCCN1Cc1ccc(OC(C)C)cc1. The van der Waals surface area contributed by atoms with E-state index in [9.17, 15) is 4.79 Å². The highest BCUT2D eigenvalue weighted by Crippen LogP contribution is 2.31. The van der Waals surface area contributed by atoms with Crippen LogP contribution >= 0.6 is 0 Å². The van der Waals surface area contributed by atoms with E-state index in [4.69, 9.17) is 4.74 Å². The Labute approximate surface area is 145 Å². The Balaban J connectivity index is 1.64. The zero-order chi connectivity index (χ0) is 17.1. The van der Waals surface area contributed by atoms with Crippen LogP contribution in [0.3, 0.4) is 0 Å². The molecule has 0 bridgehead atoms. The van der Waals surface area contributed by atoms with E-state index in [2.05, 4.69) is 34.1 Å². The second-order valence-electron chi connectivity index (χ2n) is 7.41. The van der Waals surface area contributed by atoms with Gasteiger partial charge in [0.2, 0.25) is 5.91 Å². The molecule has 24 heavy (non-hydrogen) atoms. The lowest BCUT2D eigenvalue weighted by Gasteiger charge is -2.34. The third kappa shape index (κ3) is 3.92. The zero-order valence-electron chi connectivity index (χ0n) is 15.2. The zero-order valence-corrected chi connectivity index (χ0v) is 15.2. The van der Waals surface area contributed by atoms with Gasteiger partial charge in [-0.25, -0.2) is 0 Å². The highest BCUT2D eigenvalue weighted by Gasteiger charge is 2.38. The number of rotatable bonds is 5. The van der Waals surface area contributed by atoms with E-state index in [1.165, 1.54) is 18.4 Å². The molecule has 0 aromatic heterocycles. The van der Waals surface area contributed by atoms with Crippen molar-refractivity contribution in [3.63, 3.8) is 0 Å². The topological polar surface area (TPSA) is 32.8 Å². The molecule has 1 aromatic rings. The molecule has 132 valence electrons. The minimum atomic E-state index is 0.207. The van der Waals surface area contributed by atoms with Gasteiger partial charge in [0.25, 0.3) is 0 Å². The number of nitrogens with zero attached hydrogens (tertiary/aromatic N) is 2. The molecular weight excluding hydrogens is 300 g/mol. The van der Waals surface area contributed by atoms with Crippen LogP contribution in [0.25, 0.3) is 0 Å². The predicted octanol–water partition coefficient (Wildman–Crippen LogP) is 3.45. The Hall–Kier alpha value is -1.55. The van der Waals surface area contributed by atoms with Crippen molar-refractivity contribution < 1.29 is 9.53 Å². The molecule has 2 aliphatic heterocycles. The van der Waals surface area contributed by atoms with Gasteiger partial charge in [-0.2, -0.15) is 0 Å². The normalized spacial score (nSPS) is 24.8. The predicted molar refractivity (Wildman–Crippen MR) is 96.0 cm³/mol. The Morgan fingerprint density at radius 3 is 2.46 bits per heavy atom. The minimum absolute atomic E-state index is 0.207. The number of ether oxygens (including phenoxy) is 1. The highest BCUT2D eigenvalue weighted by molar-refractivity contribution is 5.74. The Bertz CT molecular complexity index is 555. The van der Waals surface area contributed by atoms with Crippen molar-refractivity contribution in [1.82, 2.24) is 9.80 Å². The molecule has 0 saturated carbocycles. The van der Waals surface area contributed by atoms with Crippen LogP contribution in [-0.4, -0.2) is 47.0 Å². The van der Waals surface area contributed by atoms with Crippen molar-refractivity contribution in [2.24, 2.45) is 0 Å². The average Bonchev–Trinajstić information content (AvgIpc) is 3.17. The van der Waals surface area contributed by atoms with E-state index < -0.39 is 0 Å². The lowest BCUT2D eigenvalue weighted by atomic mass is 10.0. The first-order chi connectivity index (χ1) is 11.5. The number of amides is 1. The standard InChI is InChI=1S/C20H30N2O2/c1-15(2)24-18-10-8-17(9-11-18)14-21-12-4-6-19(21)20-7-5-13-22(20)16(3)23/h8-11,15,19-20H,4-7,12-14H2,1-3H3/t19-,20+/m0/s1. The summed E-state index contributed by atoms with van der Waals surface area (Å²) >= 11 is 0. The van der Waals surface area contributed by atoms with Gasteiger partial charge in [0.15, 0.2) is 0 Å². The van der Waals surface area contributed by atoms with E-state index in [1.807, 2.05) is 13.8 Å². The second kappa shape index (κ2) is 7.56. The minimum Gasteiger partial charge on any atom is -0.491 e. The molecule has 0 spiro atoms. The van der Waals surface area contributed by atoms with Gasteiger partial charge >= 0.3 is 0 Å². The Morgan fingerprint density at radius 1 is 1.12 bits per heavy atom. The molecule has 2 atom stereocenters. The smallest absolute Gasteiger partial charge is 0.219 e. The number of carbonyl (C=O) groups is 1. The van der Waals surface area contributed by atoms with E-state index in [1.54, 1.807) is 6.92 Å². The quantitative estimate of drug-likeness (QED) is 0.829. The van der Waals surface area contributed by atoms with Crippen LogP contribution in [0.1, 0.15) is 52.0 Å². The maximum absolute atomic E-state index is 11.9. The Kier molecular flexibility index (Phi) is 5.44. The molecule has 4 nitrogen and oxygen atoms in total. The van der Waals surface area contributed by atoms with Gasteiger partial charge in [-0.05, 0) is 63.8 Å². The van der Waals surface area contributed by atoms with Crippen molar-refractivity contribution in [3.8, 4) is 5.75 Å². The van der Waals surface area contributed by atoms with Crippen molar-refractivity contribution >= 4 is 5.91 Å². The molecular formula is C20H30N2O2. The van der Waals surface area contributed by atoms with E-state index in [-0.39, 0.29) is 12.0 Å². The number of hydrogen-bond donors (Lipinski definition) is 0. The van der Waals surface area contributed by atoms with Crippen LogP contribution in [0, 0.1) is 0 Å². The number of carbonyl (C=O) groups excluding carboxylic acids is 1. The third-order valence-corrected chi connectivity index (χ3v) is 5.24. The highest BCUT2D eigenvalue weighted by atomic mass is 16.5. The maximum Gasteiger partial charge on any atom is 0.219 e. The summed E-state index contributed by atoms with van der Waals surface area (Å²) in [4.78, 5) is 16.6. The summed E-state index contributed by atoms with van der Waals surface area (Å²) in [5.74, 6) is 1.17. The van der Waals surface area contributed by atoms with E-state index in [0.717, 1.165) is 38.2 Å². The molecule has 0 N–H and O–H groups in total. The summed E-state index contributed by atoms with van der Waals surface area (Å²) in [5, 5.41) is 0. The molecule has 0 aliphatic carbocycles. The van der Waals surface area contributed by atoms with Crippen LogP contribution in [-0.2, 0) is 11.3 Å². The fraction of sp³-hybridized carbons (Fsp3) is 0.650. The Morgan fingerprint density at radius 2 is 1.79 bits per heavy atom.